The molecular formula is C24H38N2O4S. The monoisotopic (exact) mass is 450 g/mol. The second kappa shape index (κ2) is 9.00. The average molecular weight is 451 g/mol. The second-order valence-electron chi connectivity index (χ2n) is 10.6. The lowest BCUT2D eigenvalue weighted by Gasteiger charge is -2.52. The fourth-order valence-corrected chi connectivity index (χ4v) is 5.59. The number of nitrogens with zero attached hydrogens (tertiary/aromatic N) is 2. The molecule has 0 unspecified atom stereocenters. The number of ether oxygens (including phenoxy) is 1. The van der Waals surface area contributed by atoms with Crippen molar-refractivity contribution < 1.29 is 17.9 Å². The lowest BCUT2D eigenvalue weighted by atomic mass is 9.56. The van der Waals surface area contributed by atoms with Crippen LogP contribution in [0.1, 0.15) is 59.3 Å². The van der Waals surface area contributed by atoms with E-state index in [0.717, 1.165) is 50.5 Å². The molecule has 2 fully saturated rings. The van der Waals surface area contributed by atoms with Crippen molar-refractivity contribution in [3.63, 3.8) is 0 Å². The third kappa shape index (κ3) is 6.37. The third-order valence-corrected chi connectivity index (χ3v) is 7.86. The summed E-state index contributed by atoms with van der Waals surface area (Å²) in [6, 6.07) is 7.13. The van der Waals surface area contributed by atoms with Crippen LogP contribution in [0.25, 0.3) is 0 Å². The Hall–Kier alpha value is -1.76. The van der Waals surface area contributed by atoms with Crippen LogP contribution in [0.2, 0.25) is 0 Å². The fraction of sp³-hybridized carbons (Fsp3) is 0.708. The Balaban J connectivity index is 1.36. The molecule has 1 aliphatic heterocycles. The summed E-state index contributed by atoms with van der Waals surface area (Å²) in [6.07, 6.45) is 8.16. The van der Waals surface area contributed by atoms with Crippen LogP contribution in [0, 0.1) is 11.3 Å². The molecule has 1 saturated carbocycles. The third-order valence-electron chi connectivity index (χ3n) is 6.73. The minimum atomic E-state index is -3.15. The van der Waals surface area contributed by atoms with Crippen LogP contribution in [0.5, 0.6) is 0 Å². The number of likely N-dealkylation sites (tertiary alicyclic amines) is 1. The molecule has 0 aromatic heterocycles. The van der Waals surface area contributed by atoms with Crippen molar-refractivity contribution in [2.75, 3.05) is 37.8 Å². The number of amides is 1. The molecular weight excluding hydrogens is 412 g/mol. The molecule has 0 bridgehead atoms. The van der Waals surface area contributed by atoms with Crippen LogP contribution < -0.4 is 4.90 Å². The Bertz CT molecular complexity index is 858. The van der Waals surface area contributed by atoms with Crippen molar-refractivity contribution in [3.8, 4) is 0 Å². The first-order valence-electron chi connectivity index (χ1n) is 11.4. The van der Waals surface area contributed by atoms with Gasteiger partial charge in [0.1, 0.15) is 5.60 Å². The van der Waals surface area contributed by atoms with Crippen LogP contribution in [0.15, 0.2) is 29.2 Å². The average Bonchev–Trinajstić information content (AvgIpc) is 2.65. The molecule has 1 heterocycles. The summed E-state index contributed by atoms with van der Waals surface area (Å²) in [5, 5.41) is 0. The van der Waals surface area contributed by atoms with Gasteiger partial charge < -0.3 is 14.5 Å². The highest BCUT2D eigenvalue weighted by Gasteiger charge is 2.46. The molecule has 174 valence electrons. The number of piperidine rings is 1. The molecule has 0 atom stereocenters. The van der Waals surface area contributed by atoms with Crippen molar-refractivity contribution in [3.05, 3.63) is 24.3 Å². The number of benzene rings is 1. The normalized spacial score (nSPS) is 19.2. The highest BCUT2D eigenvalue weighted by Crippen LogP contribution is 2.54. The summed E-state index contributed by atoms with van der Waals surface area (Å²) in [5.74, 6) is 0.786. The van der Waals surface area contributed by atoms with E-state index in [2.05, 4.69) is 11.9 Å². The van der Waals surface area contributed by atoms with E-state index >= 15 is 0 Å². The molecule has 1 spiro atoms. The van der Waals surface area contributed by atoms with Crippen LogP contribution in [-0.4, -0.2) is 57.9 Å². The number of carbonyl (C=O) groups excluding carboxylic acids is 1. The van der Waals surface area contributed by atoms with E-state index in [1.54, 1.807) is 12.1 Å². The molecule has 1 aromatic rings. The molecule has 7 heteroatoms. The van der Waals surface area contributed by atoms with E-state index < -0.39 is 15.4 Å². The smallest absolute Gasteiger partial charge is 0.410 e. The fourth-order valence-electron chi connectivity index (χ4n) is 4.96. The van der Waals surface area contributed by atoms with Crippen molar-refractivity contribution in [1.29, 1.82) is 0 Å². The predicted molar refractivity (Wildman–Crippen MR) is 124 cm³/mol. The molecule has 1 amide bonds. The van der Waals surface area contributed by atoms with Gasteiger partial charge in [-0.3, -0.25) is 0 Å². The zero-order valence-corrected chi connectivity index (χ0v) is 20.5. The Morgan fingerprint density at radius 1 is 1.16 bits per heavy atom. The van der Waals surface area contributed by atoms with Crippen LogP contribution in [-0.2, 0) is 14.6 Å². The predicted octanol–water partition coefficient (Wildman–Crippen LogP) is 4.73. The maximum Gasteiger partial charge on any atom is 0.410 e. The van der Waals surface area contributed by atoms with Crippen molar-refractivity contribution in [1.82, 2.24) is 4.90 Å². The minimum Gasteiger partial charge on any atom is -0.444 e. The summed E-state index contributed by atoms with van der Waals surface area (Å²) >= 11 is 0. The van der Waals surface area contributed by atoms with E-state index in [9.17, 15) is 13.2 Å². The van der Waals surface area contributed by atoms with Gasteiger partial charge in [0, 0.05) is 38.6 Å². The van der Waals surface area contributed by atoms with Gasteiger partial charge in [-0.05, 0) is 94.9 Å². The Kier molecular flexibility index (Phi) is 6.94. The second-order valence-corrected chi connectivity index (χ2v) is 12.6. The maximum absolute atomic E-state index is 12.3. The standard InChI is InChI=1S/C24H38N2O4S/c1-23(2,3)30-22(27)26-15-12-24(13-16-26)17-19(18-24)7-6-14-25(4)20-8-10-21(11-9-20)31(5,28)29/h8-11,19H,6-7,12-18H2,1-5H3. The Labute approximate surface area is 187 Å². The lowest BCUT2D eigenvalue weighted by molar-refractivity contribution is -0.0293. The van der Waals surface area contributed by atoms with Gasteiger partial charge in [-0.2, -0.15) is 0 Å². The summed E-state index contributed by atoms with van der Waals surface area (Å²) in [7, 11) is -1.09. The highest BCUT2D eigenvalue weighted by molar-refractivity contribution is 7.90. The van der Waals surface area contributed by atoms with Crippen LogP contribution in [0.4, 0.5) is 10.5 Å². The molecule has 2 aliphatic rings. The number of hydrogen-bond acceptors (Lipinski definition) is 5. The van der Waals surface area contributed by atoms with Gasteiger partial charge in [0.25, 0.3) is 0 Å². The summed E-state index contributed by atoms with van der Waals surface area (Å²) in [4.78, 5) is 16.7. The summed E-state index contributed by atoms with van der Waals surface area (Å²) in [6.45, 7) is 8.33. The van der Waals surface area contributed by atoms with Crippen molar-refractivity contribution in [2.24, 2.45) is 11.3 Å². The zero-order valence-electron chi connectivity index (χ0n) is 19.7. The van der Waals surface area contributed by atoms with Gasteiger partial charge in [-0.1, -0.05) is 0 Å². The van der Waals surface area contributed by atoms with E-state index in [4.69, 9.17) is 4.74 Å². The first-order chi connectivity index (χ1) is 14.4. The Morgan fingerprint density at radius 3 is 2.26 bits per heavy atom. The lowest BCUT2D eigenvalue weighted by Crippen LogP contribution is -2.49. The van der Waals surface area contributed by atoms with Gasteiger partial charge in [-0.15, -0.1) is 0 Å². The quantitative estimate of drug-likeness (QED) is 0.627. The first-order valence-corrected chi connectivity index (χ1v) is 13.3. The summed E-state index contributed by atoms with van der Waals surface area (Å²) in [5.41, 5.74) is 1.06. The number of rotatable bonds is 6. The molecule has 1 aliphatic carbocycles. The number of carbonyl (C=O) groups is 1. The maximum atomic E-state index is 12.3. The summed E-state index contributed by atoms with van der Waals surface area (Å²) < 4.78 is 28.7. The van der Waals surface area contributed by atoms with Gasteiger partial charge in [0.05, 0.1) is 4.90 Å². The van der Waals surface area contributed by atoms with Gasteiger partial charge >= 0.3 is 6.09 Å². The van der Waals surface area contributed by atoms with Crippen LogP contribution >= 0.6 is 0 Å². The number of sulfone groups is 1. The zero-order chi connectivity index (χ0) is 22.9. The molecule has 1 saturated heterocycles. The molecule has 1 aromatic carbocycles. The van der Waals surface area contributed by atoms with E-state index in [0.29, 0.717) is 10.3 Å². The molecule has 0 N–H and O–H groups in total. The van der Waals surface area contributed by atoms with Crippen LogP contribution in [0.3, 0.4) is 0 Å². The molecule has 31 heavy (non-hydrogen) atoms. The Morgan fingerprint density at radius 2 is 1.74 bits per heavy atom. The van der Waals surface area contributed by atoms with E-state index in [1.807, 2.05) is 37.8 Å². The minimum absolute atomic E-state index is 0.175. The topological polar surface area (TPSA) is 66.9 Å². The van der Waals surface area contributed by atoms with Gasteiger partial charge in [0.2, 0.25) is 0 Å². The number of hydrogen-bond donors (Lipinski definition) is 0. The first kappa shape index (κ1) is 23.9. The van der Waals surface area contributed by atoms with Gasteiger partial charge in [0.15, 0.2) is 9.84 Å². The largest absolute Gasteiger partial charge is 0.444 e. The highest BCUT2D eigenvalue weighted by atomic mass is 32.2. The van der Waals surface area contributed by atoms with E-state index in [1.165, 1.54) is 25.5 Å². The van der Waals surface area contributed by atoms with E-state index in [-0.39, 0.29) is 6.09 Å². The molecule has 6 nitrogen and oxygen atoms in total. The molecule has 3 rings (SSSR count). The van der Waals surface area contributed by atoms with Gasteiger partial charge in [-0.25, -0.2) is 13.2 Å². The van der Waals surface area contributed by atoms with Crippen molar-refractivity contribution in [2.45, 2.75) is 69.8 Å². The van der Waals surface area contributed by atoms with Crippen molar-refractivity contribution >= 4 is 21.6 Å². The molecule has 0 radical (unpaired) electrons. The number of anilines is 1. The SMILES string of the molecule is CN(CCCC1CC2(CCN(C(=O)OC(C)(C)C)CC2)C1)c1ccc(S(C)(=O)=O)cc1.